The molecule has 112 valence electrons. The van der Waals surface area contributed by atoms with Crippen LogP contribution in [0, 0.1) is 5.92 Å². The second kappa shape index (κ2) is 7.85. The van der Waals surface area contributed by atoms with Crippen LogP contribution < -0.4 is 5.73 Å². The predicted molar refractivity (Wildman–Crippen MR) is 80.0 cm³/mol. The summed E-state index contributed by atoms with van der Waals surface area (Å²) in [7, 11) is 2.18. The summed E-state index contributed by atoms with van der Waals surface area (Å²) in [6, 6.07) is 0.303. The van der Waals surface area contributed by atoms with Gasteiger partial charge >= 0.3 is 0 Å². The highest BCUT2D eigenvalue weighted by molar-refractivity contribution is 5.81. The van der Waals surface area contributed by atoms with Crippen molar-refractivity contribution in [3.05, 3.63) is 0 Å². The van der Waals surface area contributed by atoms with Gasteiger partial charge < -0.3 is 15.5 Å². The van der Waals surface area contributed by atoms with Crippen molar-refractivity contribution in [2.45, 2.75) is 58.5 Å². The van der Waals surface area contributed by atoms with Crippen LogP contribution in [0.2, 0.25) is 0 Å². The average molecular weight is 269 g/mol. The zero-order valence-electron chi connectivity index (χ0n) is 13.1. The summed E-state index contributed by atoms with van der Waals surface area (Å²) in [6.07, 6.45) is 4.00. The van der Waals surface area contributed by atoms with E-state index >= 15 is 0 Å². The normalized spacial score (nSPS) is 19.2. The van der Waals surface area contributed by atoms with Gasteiger partial charge in [-0.3, -0.25) is 4.79 Å². The molecule has 1 aliphatic rings. The molecule has 0 radical (unpaired) electrons. The summed E-state index contributed by atoms with van der Waals surface area (Å²) in [4.78, 5) is 16.5. The lowest BCUT2D eigenvalue weighted by Gasteiger charge is -2.36. The molecule has 0 spiro atoms. The van der Waals surface area contributed by atoms with E-state index in [0.717, 1.165) is 51.2 Å². The Kier molecular flexibility index (Phi) is 6.80. The monoisotopic (exact) mass is 269 g/mol. The number of nitrogens with zero attached hydrogens (tertiary/aromatic N) is 2. The first-order valence-electron chi connectivity index (χ1n) is 7.70. The van der Waals surface area contributed by atoms with Gasteiger partial charge in [0.15, 0.2) is 0 Å². The van der Waals surface area contributed by atoms with Gasteiger partial charge in [-0.1, -0.05) is 13.3 Å². The molecule has 2 N–H and O–H groups in total. The van der Waals surface area contributed by atoms with Gasteiger partial charge in [0, 0.05) is 25.7 Å². The smallest absolute Gasteiger partial charge is 0.239 e. The van der Waals surface area contributed by atoms with E-state index in [2.05, 4.69) is 32.7 Å². The molecule has 1 rings (SSSR count). The van der Waals surface area contributed by atoms with E-state index in [1.807, 2.05) is 4.90 Å². The third-order valence-corrected chi connectivity index (χ3v) is 4.27. The third kappa shape index (κ3) is 5.11. The summed E-state index contributed by atoms with van der Waals surface area (Å²) in [5, 5.41) is 0. The Balaban J connectivity index is 2.34. The molecular formula is C15H31N3O. The van der Waals surface area contributed by atoms with Crippen molar-refractivity contribution in [1.82, 2.24) is 9.80 Å². The first kappa shape index (κ1) is 16.4. The van der Waals surface area contributed by atoms with Gasteiger partial charge in [0.1, 0.15) is 0 Å². The minimum absolute atomic E-state index is 0.150. The van der Waals surface area contributed by atoms with Crippen LogP contribution in [0.1, 0.15) is 46.5 Å². The molecule has 4 heteroatoms. The number of amides is 1. The van der Waals surface area contributed by atoms with Crippen LogP contribution in [-0.2, 0) is 4.79 Å². The molecule has 0 bridgehead atoms. The SMILES string of the molecule is CCCC(N)C(=O)N1CCC(CN(C)C(C)C)CC1. The number of hydrogen-bond donors (Lipinski definition) is 1. The molecule has 1 saturated heterocycles. The Morgan fingerprint density at radius 1 is 1.37 bits per heavy atom. The van der Waals surface area contributed by atoms with Crippen LogP contribution in [0.4, 0.5) is 0 Å². The number of likely N-dealkylation sites (tertiary alicyclic amines) is 1. The van der Waals surface area contributed by atoms with Crippen molar-refractivity contribution in [3.8, 4) is 0 Å². The van der Waals surface area contributed by atoms with Crippen molar-refractivity contribution in [1.29, 1.82) is 0 Å². The summed E-state index contributed by atoms with van der Waals surface area (Å²) < 4.78 is 0. The summed E-state index contributed by atoms with van der Waals surface area (Å²) in [5.74, 6) is 0.872. The lowest BCUT2D eigenvalue weighted by atomic mass is 9.95. The molecule has 1 atom stereocenters. The van der Waals surface area contributed by atoms with Crippen molar-refractivity contribution >= 4 is 5.91 Å². The standard InChI is InChI=1S/C15H31N3O/c1-5-6-14(16)15(19)18-9-7-13(8-10-18)11-17(4)12(2)3/h12-14H,5-11,16H2,1-4H3. The highest BCUT2D eigenvalue weighted by Gasteiger charge is 2.26. The first-order chi connectivity index (χ1) is 8.95. The maximum atomic E-state index is 12.1. The van der Waals surface area contributed by atoms with Crippen LogP contribution in [0.5, 0.6) is 0 Å². The lowest BCUT2D eigenvalue weighted by molar-refractivity contribution is -0.134. The van der Waals surface area contributed by atoms with Crippen molar-refractivity contribution in [2.75, 3.05) is 26.7 Å². The average Bonchev–Trinajstić information content (AvgIpc) is 2.39. The van der Waals surface area contributed by atoms with Gasteiger partial charge in [-0.05, 0) is 46.1 Å². The fourth-order valence-corrected chi connectivity index (χ4v) is 2.62. The van der Waals surface area contributed by atoms with E-state index in [1.54, 1.807) is 0 Å². The number of piperidine rings is 1. The minimum atomic E-state index is -0.292. The van der Waals surface area contributed by atoms with Crippen LogP contribution in [0.15, 0.2) is 0 Å². The lowest BCUT2D eigenvalue weighted by Crippen LogP contribution is -2.48. The molecule has 1 fully saturated rings. The van der Waals surface area contributed by atoms with Gasteiger partial charge in [-0.25, -0.2) is 0 Å². The van der Waals surface area contributed by atoms with Crippen LogP contribution in [-0.4, -0.2) is 54.5 Å². The second-order valence-electron chi connectivity index (χ2n) is 6.20. The van der Waals surface area contributed by atoms with Crippen LogP contribution >= 0.6 is 0 Å². The van der Waals surface area contributed by atoms with Gasteiger partial charge in [0.25, 0.3) is 0 Å². The predicted octanol–water partition coefficient (Wildman–Crippen LogP) is 1.69. The van der Waals surface area contributed by atoms with Gasteiger partial charge in [-0.2, -0.15) is 0 Å². The fraction of sp³-hybridized carbons (Fsp3) is 0.933. The Hall–Kier alpha value is -0.610. The number of nitrogens with two attached hydrogens (primary N) is 1. The number of carbonyl (C=O) groups excluding carboxylic acids is 1. The van der Waals surface area contributed by atoms with Gasteiger partial charge in [0.2, 0.25) is 5.91 Å². The van der Waals surface area contributed by atoms with E-state index < -0.39 is 0 Å². The summed E-state index contributed by atoms with van der Waals surface area (Å²) in [6.45, 7) is 9.42. The van der Waals surface area contributed by atoms with Crippen LogP contribution in [0.25, 0.3) is 0 Å². The molecule has 0 aromatic rings. The topological polar surface area (TPSA) is 49.6 Å². The summed E-state index contributed by atoms with van der Waals surface area (Å²) >= 11 is 0. The Labute approximate surface area is 118 Å². The summed E-state index contributed by atoms with van der Waals surface area (Å²) in [5.41, 5.74) is 5.91. The van der Waals surface area contributed by atoms with Gasteiger partial charge in [-0.15, -0.1) is 0 Å². The Morgan fingerprint density at radius 3 is 2.42 bits per heavy atom. The molecule has 19 heavy (non-hydrogen) atoms. The molecule has 1 unspecified atom stereocenters. The third-order valence-electron chi connectivity index (χ3n) is 4.27. The second-order valence-corrected chi connectivity index (χ2v) is 6.20. The van der Waals surface area contributed by atoms with Gasteiger partial charge in [0.05, 0.1) is 6.04 Å². The molecule has 0 aliphatic carbocycles. The molecular weight excluding hydrogens is 238 g/mol. The maximum absolute atomic E-state index is 12.1. The number of rotatable bonds is 6. The van der Waals surface area contributed by atoms with E-state index in [0.29, 0.717) is 6.04 Å². The zero-order chi connectivity index (χ0) is 14.4. The number of hydrogen-bond acceptors (Lipinski definition) is 3. The highest BCUT2D eigenvalue weighted by Crippen LogP contribution is 2.19. The first-order valence-corrected chi connectivity index (χ1v) is 7.70. The molecule has 4 nitrogen and oxygen atoms in total. The Morgan fingerprint density at radius 2 is 1.95 bits per heavy atom. The molecule has 1 aliphatic heterocycles. The van der Waals surface area contributed by atoms with E-state index in [9.17, 15) is 4.79 Å². The van der Waals surface area contributed by atoms with E-state index in [1.165, 1.54) is 0 Å². The minimum Gasteiger partial charge on any atom is -0.341 e. The van der Waals surface area contributed by atoms with Crippen LogP contribution in [0.3, 0.4) is 0 Å². The zero-order valence-corrected chi connectivity index (χ0v) is 13.1. The maximum Gasteiger partial charge on any atom is 0.239 e. The molecule has 0 aromatic carbocycles. The van der Waals surface area contributed by atoms with Crippen molar-refractivity contribution in [3.63, 3.8) is 0 Å². The largest absolute Gasteiger partial charge is 0.341 e. The quantitative estimate of drug-likeness (QED) is 0.798. The van der Waals surface area contributed by atoms with Crippen molar-refractivity contribution in [2.24, 2.45) is 11.7 Å². The fourth-order valence-electron chi connectivity index (χ4n) is 2.62. The molecule has 1 amide bonds. The van der Waals surface area contributed by atoms with E-state index in [-0.39, 0.29) is 11.9 Å². The van der Waals surface area contributed by atoms with E-state index in [4.69, 9.17) is 5.73 Å². The Bertz CT molecular complexity index is 273. The highest BCUT2D eigenvalue weighted by atomic mass is 16.2. The number of carbonyl (C=O) groups is 1. The van der Waals surface area contributed by atoms with Crippen molar-refractivity contribution < 1.29 is 4.79 Å². The molecule has 1 heterocycles. The molecule has 0 aromatic heterocycles. The molecule has 0 saturated carbocycles.